The van der Waals surface area contributed by atoms with Crippen LogP contribution in [0.4, 0.5) is 8.78 Å². The predicted molar refractivity (Wildman–Crippen MR) is 105 cm³/mol. The Balaban J connectivity index is 1.35. The van der Waals surface area contributed by atoms with Crippen molar-refractivity contribution in [1.29, 1.82) is 0 Å². The van der Waals surface area contributed by atoms with E-state index in [0.717, 1.165) is 5.56 Å². The Morgan fingerprint density at radius 1 is 1.27 bits per heavy atom. The number of carbonyl (C=O) groups excluding carboxylic acids is 1. The number of halogens is 2. The second-order valence-electron chi connectivity index (χ2n) is 7.16. The molecule has 1 N–H and O–H groups in total. The number of fused-ring (bicyclic) bond motifs is 1. The number of pyridine rings is 1. The van der Waals surface area contributed by atoms with Crippen LogP contribution in [-0.2, 0) is 4.79 Å². The molecule has 1 unspecified atom stereocenters. The van der Waals surface area contributed by atoms with Crippen molar-refractivity contribution in [1.82, 2.24) is 15.3 Å². The molecule has 3 aromatic rings. The van der Waals surface area contributed by atoms with Gasteiger partial charge in [-0.3, -0.25) is 4.79 Å². The highest BCUT2D eigenvalue weighted by Crippen LogP contribution is 2.50. The largest absolute Gasteiger partial charge is 0.494 e. The van der Waals surface area contributed by atoms with Gasteiger partial charge in [-0.25, -0.2) is 18.7 Å². The zero-order valence-electron chi connectivity index (χ0n) is 16.4. The number of ether oxygens (including phenoxy) is 2. The lowest BCUT2D eigenvalue weighted by Crippen LogP contribution is -2.25. The summed E-state index contributed by atoms with van der Waals surface area (Å²) in [5.41, 5.74) is 1.87. The lowest BCUT2D eigenvalue weighted by Gasteiger charge is -2.06. The lowest BCUT2D eigenvalue weighted by molar-refractivity contribution is -0.119. The molecule has 0 radical (unpaired) electrons. The number of alkyl halides is 2. The second-order valence-corrected chi connectivity index (χ2v) is 7.16. The van der Waals surface area contributed by atoms with Crippen LogP contribution in [0.15, 0.2) is 40.9 Å². The van der Waals surface area contributed by atoms with Crippen LogP contribution in [0.5, 0.6) is 11.6 Å². The third kappa shape index (κ3) is 4.84. The quantitative estimate of drug-likeness (QED) is 0.533. The summed E-state index contributed by atoms with van der Waals surface area (Å²) in [6.45, 7) is 2.38. The summed E-state index contributed by atoms with van der Waals surface area (Å²) >= 11 is 0. The molecular weight excluding hydrogens is 396 g/mol. The summed E-state index contributed by atoms with van der Waals surface area (Å²) in [5.74, 6) is -1.78. The van der Waals surface area contributed by atoms with E-state index in [0.29, 0.717) is 48.2 Å². The number of nitrogens with one attached hydrogen (secondary N) is 1. The maximum Gasteiger partial charge on any atom is 0.251 e. The normalized spacial score (nSPS) is 17.0. The van der Waals surface area contributed by atoms with Gasteiger partial charge in [0.15, 0.2) is 5.58 Å². The Hall–Kier alpha value is -3.23. The highest BCUT2D eigenvalue weighted by Gasteiger charge is 2.56. The van der Waals surface area contributed by atoms with Crippen LogP contribution in [0.25, 0.3) is 22.6 Å². The fourth-order valence-corrected chi connectivity index (χ4v) is 2.99. The van der Waals surface area contributed by atoms with Gasteiger partial charge in [0, 0.05) is 30.9 Å². The molecule has 7 nitrogen and oxygen atoms in total. The number of hydrogen-bond donors (Lipinski definition) is 1. The molecule has 9 heteroatoms. The zero-order valence-corrected chi connectivity index (χ0v) is 16.4. The van der Waals surface area contributed by atoms with E-state index < -0.39 is 11.8 Å². The minimum Gasteiger partial charge on any atom is -0.494 e. The van der Waals surface area contributed by atoms with Crippen molar-refractivity contribution in [3.8, 4) is 23.1 Å². The first kappa shape index (κ1) is 20.1. The zero-order chi connectivity index (χ0) is 21.1. The van der Waals surface area contributed by atoms with Crippen LogP contribution in [0, 0.1) is 5.92 Å². The lowest BCUT2D eigenvalue weighted by atomic mass is 10.2. The first-order valence-electron chi connectivity index (χ1n) is 9.65. The molecule has 30 heavy (non-hydrogen) atoms. The Labute approximate surface area is 171 Å². The fourth-order valence-electron chi connectivity index (χ4n) is 2.99. The number of hydrogen-bond acceptors (Lipinski definition) is 6. The highest BCUT2D eigenvalue weighted by molar-refractivity contribution is 5.76. The summed E-state index contributed by atoms with van der Waals surface area (Å²) in [6.07, 6.45) is 1.87. The Morgan fingerprint density at radius 2 is 2.03 bits per heavy atom. The summed E-state index contributed by atoms with van der Waals surface area (Å²) in [4.78, 5) is 19.4. The minimum absolute atomic E-state index is 0.0378. The van der Waals surface area contributed by atoms with Crippen LogP contribution in [0.1, 0.15) is 19.8 Å². The third-order valence-corrected chi connectivity index (χ3v) is 4.77. The summed E-state index contributed by atoms with van der Waals surface area (Å²) in [6, 6.07) is 8.74. The van der Waals surface area contributed by atoms with Gasteiger partial charge in [0.05, 0.1) is 19.3 Å². The number of aromatic nitrogens is 2. The van der Waals surface area contributed by atoms with Crippen LogP contribution >= 0.6 is 0 Å². The number of amides is 1. The van der Waals surface area contributed by atoms with Crippen molar-refractivity contribution < 1.29 is 27.5 Å². The van der Waals surface area contributed by atoms with E-state index >= 15 is 0 Å². The van der Waals surface area contributed by atoms with Crippen molar-refractivity contribution in [3.05, 3.63) is 36.5 Å². The number of carbonyl (C=O) groups is 1. The number of oxazole rings is 1. The average molecular weight is 417 g/mol. The standard InChI is InChI=1S/C21H21F2N3O4/c1-13(27)24-7-9-29-19-10-18-17(12-25-19)26-20(30-18)14-2-4-16(5-3-14)28-8-6-15-11-21(15,22)23/h2-5,10,12,15H,6-9,11H2,1H3,(H,24,27). The van der Waals surface area contributed by atoms with Gasteiger partial charge in [-0.15, -0.1) is 0 Å². The summed E-state index contributed by atoms with van der Waals surface area (Å²) in [7, 11) is 0. The predicted octanol–water partition coefficient (Wildman–Crippen LogP) is 3.83. The maximum atomic E-state index is 12.9. The first-order chi connectivity index (χ1) is 14.4. The molecule has 0 spiro atoms. The van der Waals surface area contributed by atoms with Crippen molar-refractivity contribution in [3.63, 3.8) is 0 Å². The van der Waals surface area contributed by atoms with E-state index in [9.17, 15) is 13.6 Å². The van der Waals surface area contributed by atoms with Crippen LogP contribution in [-0.4, -0.2) is 41.6 Å². The molecule has 2 aromatic heterocycles. The molecule has 4 rings (SSSR count). The van der Waals surface area contributed by atoms with Gasteiger partial charge in [-0.05, 0) is 30.7 Å². The topological polar surface area (TPSA) is 86.5 Å². The molecule has 0 bridgehead atoms. The second kappa shape index (κ2) is 8.25. The molecule has 1 fully saturated rings. The fraction of sp³-hybridized carbons (Fsp3) is 0.381. The first-order valence-corrected chi connectivity index (χ1v) is 9.65. The van der Waals surface area contributed by atoms with E-state index in [2.05, 4.69) is 15.3 Å². The SMILES string of the molecule is CC(=O)NCCOc1cc2oc(-c3ccc(OCCC4CC4(F)F)cc3)nc2cn1. The van der Waals surface area contributed by atoms with Crippen molar-refractivity contribution in [2.24, 2.45) is 5.92 Å². The number of benzene rings is 1. The van der Waals surface area contributed by atoms with E-state index in [1.165, 1.54) is 6.92 Å². The molecule has 1 amide bonds. The molecule has 1 aliphatic rings. The minimum atomic E-state index is -2.51. The molecule has 1 atom stereocenters. The van der Waals surface area contributed by atoms with Crippen molar-refractivity contribution >= 4 is 17.0 Å². The van der Waals surface area contributed by atoms with Gasteiger partial charge in [0.25, 0.3) is 5.92 Å². The number of rotatable bonds is 9. The Morgan fingerprint density at radius 3 is 2.73 bits per heavy atom. The molecular formula is C21H21F2N3O4. The van der Waals surface area contributed by atoms with Gasteiger partial charge < -0.3 is 19.2 Å². The van der Waals surface area contributed by atoms with Gasteiger partial charge in [-0.2, -0.15) is 0 Å². The van der Waals surface area contributed by atoms with E-state index in [1.54, 1.807) is 36.5 Å². The monoisotopic (exact) mass is 417 g/mol. The third-order valence-electron chi connectivity index (χ3n) is 4.77. The Kier molecular flexibility index (Phi) is 5.52. The highest BCUT2D eigenvalue weighted by atomic mass is 19.3. The Bertz CT molecular complexity index is 1040. The average Bonchev–Trinajstić information content (AvgIpc) is 3.12. The molecule has 1 saturated carbocycles. The van der Waals surface area contributed by atoms with E-state index in [4.69, 9.17) is 13.9 Å². The van der Waals surface area contributed by atoms with Gasteiger partial charge in [-0.1, -0.05) is 0 Å². The van der Waals surface area contributed by atoms with Crippen molar-refractivity contribution in [2.45, 2.75) is 25.7 Å². The van der Waals surface area contributed by atoms with Crippen LogP contribution in [0.2, 0.25) is 0 Å². The molecule has 1 aromatic carbocycles. The summed E-state index contributed by atoms with van der Waals surface area (Å²) < 4.78 is 42.6. The van der Waals surface area contributed by atoms with E-state index in [1.807, 2.05) is 0 Å². The van der Waals surface area contributed by atoms with Crippen LogP contribution < -0.4 is 14.8 Å². The smallest absolute Gasteiger partial charge is 0.251 e. The summed E-state index contributed by atoms with van der Waals surface area (Å²) in [5, 5.41) is 2.64. The molecule has 0 saturated heterocycles. The number of nitrogens with zero attached hydrogens (tertiary/aromatic N) is 2. The van der Waals surface area contributed by atoms with Crippen molar-refractivity contribution in [2.75, 3.05) is 19.8 Å². The molecule has 0 aliphatic heterocycles. The molecule has 2 heterocycles. The van der Waals surface area contributed by atoms with Gasteiger partial charge >= 0.3 is 0 Å². The molecule has 1 aliphatic carbocycles. The molecule has 158 valence electrons. The van der Waals surface area contributed by atoms with E-state index in [-0.39, 0.29) is 18.9 Å². The maximum absolute atomic E-state index is 12.9. The van der Waals surface area contributed by atoms with Gasteiger partial charge in [0.1, 0.15) is 17.9 Å². The van der Waals surface area contributed by atoms with Gasteiger partial charge in [0.2, 0.25) is 17.7 Å². The van der Waals surface area contributed by atoms with Crippen LogP contribution in [0.3, 0.4) is 0 Å².